The number of imide groups is 1. The molecule has 3 N–H and O–H groups in total. The summed E-state index contributed by atoms with van der Waals surface area (Å²) in [6.45, 7) is 1.26. The van der Waals surface area contributed by atoms with Crippen LogP contribution in [0, 0.1) is 23.3 Å². The maximum Gasteiger partial charge on any atom is 0.374 e. The molecule has 24 heteroatoms. The molecule has 1 aromatic heterocycles. The summed E-state index contributed by atoms with van der Waals surface area (Å²) >= 11 is 0. The minimum Gasteiger partial charge on any atom is -0.398 e. The fraction of sp³-hybridized carbons (Fsp3) is 0.459. The standard InChI is InChI=1S/C37H41F4N3O14S3/c1-37(17-4-7-20-59(48,49)50)26(43(19-6-8-21-60(51,52)53)36-31(37)32(38)33(39)34(40)35(36)41)10-9-11-29-42(24-14-13-23(61(54,55)56)22-25(24)57-29)18-5-2-3-12-30(47)58-44-27(45)15-16-28(44)46/h9-11,13-14,22H,2-8,12,15-21H2,1H3,(H2-,48,49,50,51,52,53,54,55,56)/p+1. The SMILES string of the molecule is CC1(CCCCS(=O)(=O)O)/C(=C\C=C\c2oc3cc(S(=O)(=O)O)ccc3[n+]2CCCCCC(=O)ON2C(=O)CCC2=O)N(CCCCS(=O)(=O)O)c2c(F)c(F)c(F)c(F)c21. The number of aryl methyl sites for hydroxylation is 1. The minimum absolute atomic E-state index is 0.00143. The van der Waals surface area contributed by atoms with E-state index in [0.717, 1.165) is 17.0 Å². The first-order valence-corrected chi connectivity index (χ1v) is 23.5. The Bertz CT molecular complexity index is 2620. The number of carbonyl (C=O) groups is 3. The number of fused-ring (bicyclic) bond motifs is 2. The molecule has 1 unspecified atom stereocenters. The molecule has 61 heavy (non-hydrogen) atoms. The van der Waals surface area contributed by atoms with Gasteiger partial charge in [-0.1, -0.05) is 12.5 Å². The van der Waals surface area contributed by atoms with Crippen LogP contribution in [-0.4, -0.2) is 79.8 Å². The molecule has 1 saturated heterocycles. The molecular weight excluding hydrogens is 883 g/mol. The fourth-order valence-corrected chi connectivity index (χ4v) is 8.98. The van der Waals surface area contributed by atoms with Gasteiger partial charge in [-0.25, -0.2) is 22.4 Å². The summed E-state index contributed by atoms with van der Waals surface area (Å²) in [7, 11) is -13.5. The van der Waals surface area contributed by atoms with Crippen molar-refractivity contribution < 1.29 is 84.7 Å². The number of unbranched alkanes of at least 4 members (excludes halogenated alkanes) is 4. The predicted molar refractivity (Wildman–Crippen MR) is 206 cm³/mol. The van der Waals surface area contributed by atoms with Gasteiger partial charge >= 0.3 is 11.9 Å². The molecule has 0 bridgehead atoms. The zero-order valence-corrected chi connectivity index (χ0v) is 34.9. The van der Waals surface area contributed by atoms with Gasteiger partial charge in [0, 0.05) is 61.0 Å². The smallest absolute Gasteiger partial charge is 0.374 e. The Morgan fingerprint density at radius 3 is 2.10 bits per heavy atom. The van der Waals surface area contributed by atoms with E-state index in [4.69, 9.17) is 9.25 Å². The van der Waals surface area contributed by atoms with Gasteiger partial charge in [0.05, 0.1) is 28.2 Å². The van der Waals surface area contributed by atoms with Gasteiger partial charge in [-0.3, -0.25) is 23.2 Å². The second kappa shape index (κ2) is 18.7. The lowest BCUT2D eigenvalue weighted by atomic mass is 9.76. The number of hydrogen-bond acceptors (Lipinski definition) is 12. The Balaban J connectivity index is 1.50. The van der Waals surface area contributed by atoms with Crippen LogP contribution in [0.1, 0.15) is 89.0 Å². The third kappa shape index (κ3) is 11.2. The highest BCUT2D eigenvalue weighted by atomic mass is 32.2. The Morgan fingerprint density at radius 2 is 1.48 bits per heavy atom. The topological polar surface area (TPSA) is 247 Å². The van der Waals surface area contributed by atoms with E-state index in [1.807, 2.05) is 0 Å². The summed E-state index contributed by atoms with van der Waals surface area (Å²) in [5, 5.41) is 0.439. The van der Waals surface area contributed by atoms with Crippen LogP contribution in [0.5, 0.6) is 0 Å². The normalized spacial score (nSPS) is 18.1. The van der Waals surface area contributed by atoms with Gasteiger partial charge in [0.2, 0.25) is 5.58 Å². The van der Waals surface area contributed by atoms with Crippen LogP contribution in [0.4, 0.5) is 23.2 Å². The molecule has 3 aromatic rings. The van der Waals surface area contributed by atoms with E-state index in [9.17, 15) is 62.1 Å². The lowest BCUT2D eigenvalue weighted by Crippen LogP contribution is -2.35. The molecule has 334 valence electrons. The van der Waals surface area contributed by atoms with E-state index in [1.165, 1.54) is 31.2 Å². The number of nitrogens with zero attached hydrogens (tertiary/aromatic N) is 3. The quantitative estimate of drug-likeness (QED) is 0.0254. The zero-order valence-electron chi connectivity index (χ0n) is 32.5. The van der Waals surface area contributed by atoms with E-state index in [0.29, 0.717) is 23.4 Å². The maximum atomic E-state index is 15.8. The van der Waals surface area contributed by atoms with Crippen LogP contribution >= 0.6 is 0 Å². The summed E-state index contributed by atoms with van der Waals surface area (Å²) in [5.41, 5.74) is -2.63. The molecule has 2 amide bonds. The van der Waals surface area contributed by atoms with Crippen molar-refractivity contribution in [2.45, 2.75) is 94.4 Å². The van der Waals surface area contributed by atoms with Gasteiger partial charge in [-0.2, -0.15) is 29.8 Å². The van der Waals surface area contributed by atoms with E-state index >= 15 is 8.78 Å². The van der Waals surface area contributed by atoms with Gasteiger partial charge in [0.25, 0.3) is 47.7 Å². The Labute approximate surface area is 347 Å². The van der Waals surface area contributed by atoms with Crippen LogP contribution < -0.4 is 9.47 Å². The number of halogens is 4. The molecule has 1 fully saturated rings. The lowest BCUT2D eigenvalue weighted by Gasteiger charge is -2.30. The molecule has 0 spiro atoms. The Hall–Kier alpha value is -4.75. The third-order valence-corrected chi connectivity index (χ3v) is 12.7. The number of rotatable bonds is 20. The van der Waals surface area contributed by atoms with E-state index in [2.05, 4.69) is 0 Å². The molecule has 5 rings (SSSR count). The molecule has 0 saturated carbocycles. The van der Waals surface area contributed by atoms with Crippen LogP contribution in [-0.2, 0) is 61.5 Å². The number of hydrogen-bond donors (Lipinski definition) is 3. The maximum absolute atomic E-state index is 15.8. The highest BCUT2D eigenvalue weighted by Gasteiger charge is 2.49. The average molecular weight is 925 g/mol. The van der Waals surface area contributed by atoms with Crippen LogP contribution in [0.15, 0.2) is 45.4 Å². The van der Waals surface area contributed by atoms with Gasteiger partial charge < -0.3 is 14.2 Å². The van der Waals surface area contributed by atoms with Gasteiger partial charge in [-0.15, -0.1) is 5.06 Å². The Kier molecular flexibility index (Phi) is 14.5. The number of aromatic nitrogens is 1. The first-order valence-electron chi connectivity index (χ1n) is 18.9. The van der Waals surface area contributed by atoms with Gasteiger partial charge in [0.15, 0.2) is 29.8 Å². The molecule has 2 aliphatic heterocycles. The highest BCUT2D eigenvalue weighted by Crippen LogP contribution is 2.54. The highest BCUT2D eigenvalue weighted by molar-refractivity contribution is 7.86. The van der Waals surface area contributed by atoms with Crippen LogP contribution in [0.2, 0.25) is 0 Å². The lowest BCUT2D eigenvalue weighted by molar-refractivity contribution is -0.678. The predicted octanol–water partition coefficient (Wildman–Crippen LogP) is 5.09. The van der Waals surface area contributed by atoms with Crippen molar-refractivity contribution in [1.82, 2.24) is 5.06 Å². The fourth-order valence-electron chi connectivity index (χ4n) is 7.34. The van der Waals surface area contributed by atoms with Crippen molar-refractivity contribution in [3.05, 3.63) is 70.8 Å². The van der Waals surface area contributed by atoms with E-state index < -0.39 is 104 Å². The van der Waals surface area contributed by atoms with Crippen molar-refractivity contribution >= 4 is 71.0 Å². The molecule has 2 aliphatic rings. The summed E-state index contributed by atoms with van der Waals surface area (Å²) < 4.78 is 166. The number of allylic oxidation sites excluding steroid dienone is 3. The number of oxazole rings is 1. The minimum atomic E-state index is -4.67. The molecule has 1 atom stereocenters. The molecule has 0 aliphatic carbocycles. The third-order valence-electron chi connectivity index (χ3n) is 10.2. The first kappa shape index (κ1) is 47.3. The van der Waals surface area contributed by atoms with Crippen molar-refractivity contribution in [3.63, 3.8) is 0 Å². The van der Waals surface area contributed by atoms with Crippen molar-refractivity contribution in [1.29, 1.82) is 0 Å². The summed E-state index contributed by atoms with van der Waals surface area (Å²) in [6, 6.07) is 3.55. The first-order chi connectivity index (χ1) is 28.4. The van der Waals surface area contributed by atoms with Crippen LogP contribution in [0.3, 0.4) is 0 Å². The van der Waals surface area contributed by atoms with Gasteiger partial charge in [-0.05, 0) is 57.6 Å². The number of benzene rings is 2. The second-order valence-corrected chi connectivity index (χ2v) is 19.2. The summed E-state index contributed by atoms with van der Waals surface area (Å²) in [6.07, 6.45) is 4.14. The molecule has 2 aromatic carbocycles. The largest absolute Gasteiger partial charge is 0.398 e. The number of amides is 2. The van der Waals surface area contributed by atoms with Crippen molar-refractivity contribution in [2.75, 3.05) is 23.0 Å². The number of anilines is 1. The second-order valence-electron chi connectivity index (χ2n) is 14.7. The average Bonchev–Trinajstić information content (AvgIpc) is 3.76. The molecule has 0 radical (unpaired) electrons. The zero-order chi connectivity index (χ0) is 45.1. The monoisotopic (exact) mass is 924 g/mol. The summed E-state index contributed by atoms with van der Waals surface area (Å²) in [4.78, 5) is 41.3. The summed E-state index contributed by atoms with van der Waals surface area (Å²) in [5.74, 6) is -11.1. The van der Waals surface area contributed by atoms with Crippen molar-refractivity contribution in [2.24, 2.45) is 0 Å². The Morgan fingerprint density at radius 1 is 0.852 bits per heavy atom. The van der Waals surface area contributed by atoms with Crippen molar-refractivity contribution in [3.8, 4) is 0 Å². The molecular formula is C37H42F4N3O14S3+. The number of carbonyl (C=O) groups excluding carboxylic acids is 3. The van der Waals surface area contributed by atoms with E-state index in [-0.39, 0.29) is 88.0 Å². The van der Waals surface area contributed by atoms with Gasteiger partial charge in [0.1, 0.15) is 0 Å². The van der Waals surface area contributed by atoms with Crippen LogP contribution in [0.25, 0.3) is 17.2 Å². The number of hydroxylamine groups is 2. The van der Waals surface area contributed by atoms with E-state index in [1.54, 1.807) is 4.57 Å². The molecule has 17 nitrogen and oxygen atoms in total. The molecule has 3 heterocycles.